The minimum Gasteiger partial charge on any atom is -0.425 e. The van der Waals surface area contributed by atoms with Gasteiger partial charge < -0.3 is 9.73 Å². The Labute approximate surface area is 95.8 Å². The molecule has 16 heavy (non-hydrogen) atoms. The third-order valence-corrected chi connectivity index (χ3v) is 3.77. The van der Waals surface area contributed by atoms with Crippen LogP contribution in [0.4, 0.5) is 0 Å². The molecule has 1 aliphatic heterocycles. The predicted molar refractivity (Wildman–Crippen MR) is 60.2 cm³/mol. The highest BCUT2D eigenvalue weighted by atomic mass is 16.4. The smallest absolute Gasteiger partial charge is 0.219 e. The number of rotatable bonds is 3. The van der Waals surface area contributed by atoms with Crippen LogP contribution in [0, 0.1) is 0 Å². The lowest BCUT2D eigenvalue weighted by Crippen LogP contribution is -2.35. The van der Waals surface area contributed by atoms with Crippen molar-refractivity contribution in [2.45, 2.75) is 56.9 Å². The molecule has 0 bridgehead atoms. The van der Waals surface area contributed by atoms with Gasteiger partial charge in [-0.2, -0.15) is 0 Å². The van der Waals surface area contributed by atoms with Gasteiger partial charge in [-0.1, -0.05) is 12.8 Å². The van der Waals surface area contributed by atoms with E-state index in [9.17, 15) is 0 Å². The van der Waals surface area contributed by atoms with Crippen molar-refractivity contribution in [2.75, 3.05) is 6.54 Å². The second-order valence-corrected chi connectivity index (χ2v) is 5.01. The molecule has 1 aromatic heterocycles. The summed E-state index contributed by atoms with van der Waals surface area (Å²) in [4.78, 5) is 0. The minimum absolute atomic E-state index is 0.545. The molecule has 4 nitrogen and oxygen atoms in total. The molecule has 1 aromatic rings. The summed E-state index contributed by atoms with van der Waals surface area (Å²) in [7, 11) is 0. The summed E-state index contributed by atoms with van der Waals surface area (Å²) in [5.41, 5.74) is 0. The monoisotopic (exact) mass is 221 g/mol. The van der Waals surface area contributed by atoms with E-state index >= 15 is 0 Å². The Morgan fingerprint density at radius 3 is 2.75 bits per heavy atom. The summed E-state index contributed by atoms with van der Waals surface area (Å²) in [6.45, 7) is 1.13. The van der Waals surface area contributed by atoms with Crippen molar-refractivity contribution in [3.05, 3.63) is 11.8 Å². The largest absolute Gasteiger partial charge is 0.425 e. The standard InChI is InChI=1S/C12H19N3O/c1-2-7-13-10(6-1)8-11-14-15-12(16-11)9-4-3-5-9/h9-10,13H,1-8H2. The first-order chi connectivity index (χ1) is 7.92. The summed E-state index contributed by atoms with van der Waals surface area (Å²) in [6.07, 6.45) is 8.52. The third-order valence-electron chi connectivity index (χ3n) is 3.77. The number of aromatic nitrogens is 2. The van der Waals surface area contributed by atoms with E-state index in [4.69, 9.17) is 4.42 Å². The van der Waals surface area contributed by atoms with Crippen LogP contribution in [0.3, 0.4) is 0 Å². The molecular weight excluding hydrogens is 202 g/mol. The zero-order valence-corrected chi connectivity index (χ0v) is 9.61. The van der Waals surface area contributed by atoms with Gasteiger partial charge in [-0.05, 0) is 32.2 Å². The van der Waals surface area contributed by atoms with Crippen LogP contribution < -0.4 is 5.32 Å². The van der Waals surface area contributed by atoms with Crippen molar-refractivity contribution >= 4 is 0 Å². The molecule has 1 N–H and O–H groups in total. The molecule has 1 saturated carbocycles. The first-order valence-electron chi connectivity index (χ1n) is 6.47. The van der Waals surface area contributed by atoms with E-state index in [1.807, 2.05) is 0 Å². The van der Waals surface area contributed by atoms with Gasteiger partial charge in [-0.3, -0.25) is 0 Å². The average Bonchev–Trinajstić information content (AvgIpc) is 2.65. The van der Waals surface area contributed by atoms with Crippen molar-refractivity contribution in [1.82, 2.24) is 15.5 Å². The van der Waals surface area contributed by atoms with Crippen LogP contribution in [0.15, 0.2) is 4.42 Å². The van der Waals surface area contributed by atoms with Crippen molar-refractivity contribution in [3.63, 3.8) is 0 Å². The van der Waals surface area contributed by atoms with Gasteiger partial charge in [0, 0.05) is 18.4 Å². The molecule has 0 spiro atoms. The zero-order chi connectivity index (χ0) is 10.8. The quantitative estimate of drug-likeness (QED) is 0.848. The Bertz CT molecular complexity index is 340. The van der Waals surface area contributed by atoms with Crippen LogP contribution in [-0.2, 0) is 6.42 Å². The Balaban J connectivity index is 1.58. The Morgan fingerprint density at radius 1 is 1.12 bits per heavy atom. The normalized spacial score (nSPS) is 26.6. The van der Waals surface area contributed by atoms with Crippen LogP contribution in [-0.4, -0.2) is 22.8 Å². The molecule has 2 aliphatic rings. The fourth-order valence-corrected chi connectivity index (χ4v) is 2.48. The summed E-state index contributed by atoms with van der Waals surface area (Å²) in [6, 6.07) is 0.545. The minimum atomic E-state index is 0.545. The van der Waals surface area contributed by atoms with Gasteiger partial charge in [0.2, 0.25) is 11.8 Å². The van der Waals surface area contributed by atoms with Crippen LogP contribution >= 0.6 is 0 Å². The lowest BCUT2D eigenvalue weighted by Gasteiger charge is -2.22. The van der Waals surface area contributed by atoms with Crippen LogP contribution in [0.25, 0.3) is 0 Å². The number of hydrogen-bond donors (Lipinski definition) is 1. The maximum atomic E-state index is 5.73. The first-order valence-corrected chi connectivity index (χ1v) is 6.47. The highest BCUT2D eigenvalue weighted by Crippen LogP contribution is 2.35. The van der Waals surface area contributed by atoms with Gasteiger partial charge in [0.15, 0.2) is 0 Å². The zero-order valence-electron chi connectivity index (χ0n) is 9.61. The number of nitrogens with one attached hydrogen (secondary N) is 1. The van der Waals surface area contributed by atoms with E-state index in [2.05, 4.69) is 15.5 Å². The van der Waals surface area contributed by atoms with Gasteiger partial charge in [-0.15, -0.1) is 10.2 Å². The number of nitrogens with zero attached hydrogens (tertiary/aromatic N) is 2. The summed E-state index contributed by atoms with van der Waals surface area (Å²) in [5, 5.41) is 11.8. The number of piperidine rings is 1. The maximum absolute atomic E-state index is 5.73. The molecule has 88 valence electrons. The summed E-state index contributed by atoms with van der Waals surface area (Å²) < 4.78 is 5.73. The average molecular weight is 221 g/mol. The number of hydrogen-bond acceptors (Lipinski definition) is 4. The van der Waals surface area contributed by atoms with Gasteiger partial charge in [0.05, 0.1) is 0 Å². The van der Waals surface area contributed by atoms with E-state index in [1.165, 1.54) is 38.5 Å². The molecule has 0 aromatic carbocycles. The fraction of sp³-hybridized carbons (Fsp3) is 0.833. The second-order valence-electron chi connectivity index (χ2n) is 5.01. The third kappa shape index (κ3) is 2.12. The van der Waals surface area contributed by atoms with Crippen LogP contribution in [0.2, 0.25) is 0 Å². The topological polar surface area (TPSA) is 51.0 Å². The second kappa shape index (κ2) is 4.53. The van der Waals surface area contributed by atoms with E-state index in [1.54, 1.807) is 0 Å². The molecule has 3 rings (SSSR count). The van der Waals surface area contributed by atoms with Crippen molar-refractivity contribution in [1.29, 1.82) is 0 Å². The predicted octanol–water partition coefficient (Wildman–Crippen LogP) is 2.02. The molecule has 0 amide bonds. The molecule has 0 radical (unpaired) electrons. The molecule has 2 heterocycles. The Morgan fingerprint density at radius 2 is 2.06 bits per heavy atom. The van der Waals surface area contributed by atoms with E-state index < -0.39 is 0 Å². The van der Waals surface area contributed by atoms with Crippen LogP contribution in [0.5, 0.6) is 0 Å². The Kier molecular flexibility index (Phi) is 2.91. The van der Waals surface area contributed by atoms with Crippen molar-refractivity contribution < 1.29 is 4.42 Å². The Hall–Kier alpha value is -0.900. The fourth-order valence-electron chi connectivity index (χ4n) is 2.48. The SMILES string of the molecule is C1CCC(Cc2nnc(C3CCC3)o2)NC1. The molecule has 4 heteroatoms. The highest BCUT2D eigenvalue weighted by Gasteiger charge is 2.25. The molecule has 1 aliphatic carbocycles. The first kappa shape index (κ1) is 10.3. The van der Waals surface area contributed by atoms with Gasteiger partial charge >= 0.3 is 0 Å². The van der Waals surface area contributed by atoms with Crippen molar-refractivity contribution in [3.8, 4) is 0 Å². The van der Waals surface area contributed by atoms with E-state index in [0.29, 0.717) is 12.0 Å². The van der Waals surface area contributed by atoms with Gasteiger partial charge in [0.1, 0.15) is 0 Å². The molecule has 2 fully saturated rings. The van der Waals surface area contributed by atoms with E-state index in [0.717, 1.165) is 24.7 Å². The van der Waals surface area contributed by atoms with Crippen LogP contribution in [0.1, 0.15) is 56.2 Å². The van der Waals surface area contributed by atoms with Crippen molar-refractivity contribution in [2.24, 2.45) is 0 Å². The summed E-state index contributed by atoms with van der Waals surface area (Å²) >= 11 is 0. The molecular formula is C12H19N3O. The van der Waals surface area contributed by atoms with E-state index in [-0.39, 0.29) is 0 Å². The molecule has 1 saturated heterocycles. The summed E-state index contributed by atoms with van der Waals surface area (Å²) in [5.74, 6) is 2.25. The van der Waals surface area contributed by atoms with Gasteiger partial charge in [0.25, 0.3) is 0 Å². The lowest BCUT2D eigenvalue weighted by atomic mass is 9.85. The van der Waals surface area contributed by atoms with Gasteiger partial charge in [-0.25, -0.2) is 0 Å². The molecule has 1 unspecified atom stereocenters. The molecule has 1 atom stereocenters. The maximum Gasteiger partial charge on any atom is 0.219 e. The highest BCUT2D eigenvalue weighted by molar-refractivity contribution is 4.97. The lowest BCUT2D eigenvalue weighted by molar-refractivity contribution is 0.312.